The van der Waals surface area contributed by atoms with Crippen molar-refractivity contribution in [2.45, 2.75) is 31.9 Å². The zero-order valence-electron chi connectivity index (χ0n) is 16.7. The summed E-state index contributed by atoms with van der Waals surface area (Å²) in [6.45, 7) is 4.50. The lowest BCUT2D eigenvalue weighted by Crippen LogP contribution is -2.59. The third kappa shape index (κ3) is 5.05. The second kappa shape index (κ2) is 9.38. The van der Waals surface area contributed by atoms with Gasteiger partial charge in [0.15, 0.2) is 0 Å². The van der Waals surface area contributed by atoms with Gasteiger partial charge in [-0.25, -0.2) is 4.98 Å². The molecule has 0 saturated carbocycles. The molecule has 0 bridgehead atoms. The summed E-state index contributed by atoms with van der Waals surface area (Å²) < 4.78 is 5.28. The zero-order valence-corrected chi connectivity index (χ0v) is 17.5. The summed E-state index contributed by atoms with van der Waals surface area (Å²) in [7, 11) is 0. The largest absolute Gasteiger partial charge is 0.385 e. The van der Waals surface area contributed by atoms with Crippen molar-refractivity contribution in [3.05, 3.63) is 47.0 Å². The Morgan fingerprint density at radius 1 is 1.30 bits per heavy atom. The fourth-order valence-electron chi connectivity index (χ4n) is 3.13. The number of benzene rings is 1. The van der Waals surface area contributed by atoms with Gasteiger partial charge in [-0.3, -0.25) is 14.6 Å². The molecule has 9 nitrogen and oxygen atoms in total. The number of hydrogen-bond acceptors (Lipinski definition) is 7. The number of anilines is 2. The lowest BCUT2D eigenvalue weighted by Gasteiger charge is -2.31. The molecule has 2 aromatic rings. The number of aromatic nitrogens is 2. The number of carbonyl (C=O) groups is 2. The van der Waals surface area contributed by atoms with Crippen molar-refractivity contribution >= 4 is 34.8 Å². The van der Waals surface area contributed by atoms with Gasteiger partial charge in [-0.2, -0.15) is 0 Å². The number of ether oxygens (including phenoxy) is 1. The third-order valence-electron chi connectivity index (χ3n) is 4.73. The van der Waals surface area contributed by atoms with Crippen molar-refractivity contribution < 1.29 is 19.4 Å². The zero-order chi connectivity index (χ0) is 21.7. The van der Waals surface area contributed by atoms with Crippen molar-refractivity contribution in [2.24, 2.45) is 0 Å². The average Bonchev–Trinajstić information content (AvgIpc) is 3.16. The first-order valence-corrected chi connectivity index (χ1v) is 9.94. The Morgan fingerprint density at radius 3 is 2.73 bits per heavy atom. The van der Waals surface area contributed by atoms with Crippen molar-refractivity contribution in [3.63, 3.8) is 0 Å². The first kappa shape index (κ1) is 21.9. The Labute approximate surface area is 179 Å². The van der Waals surface area contributed by atoms with Gasteiger partial charge in [-0.05, 0) is 32.0 Å². The third-order valence-corrected chi connectivity index (χ3v) is 4.96. The fraction of sp³-hybridized carbons (Fsp3) is 0.400. The van der Waals surface area contributed by atoms with Crippen LogP contribution in [0.3, 0.4) is 0 Å². The second-order valence-electron chi connectivity index (χ2n) is 7.07. The predicted octanol–water partition coefficient (Wildman–Crippen LogP) is 1.76. The molecule has 1 aliphatic heterocycles. The number of hydrogen-bond donors (Lipinski definition) is 4. The molecule has 160 valence electrons. The minimum Gasteiger partial charge on any atom is -0.385 e. The number of carbonyl (C=O) groups excluding carboxylic acids is 2. The molecule has 4 N–H and O–H groups in total. The molecule has 0 radical (unpaired) electrons. The van der Waals surface area contributed by atoms with Crippen molar-refractivity contribution in [3.8, 4) is 0 Å². The van der Waals surface area contributed by atoms with Crippen LogP contribution >= 0.6 is 11.6 Å². The maximum absolute atomic E-state index is 13.1. The molecule has 2 atom stereocenters. The minimum atomic E-state index is -1.56. The minimum absolute atomic E-state index is 0.0389. The molecule has 1 aliphatic rings. The molecule has 2 heterocycles. The summed E-state index contributed by atoms with van der Waals surface area (Å²) in [4.78, 5) is 33.9. The SMILES string of the molecule is CCNc1ccc(Cl)cc1NC(=O)[C@@H](NC(=O)c1cnc(C)cn1)[C@]1(O)CCOC1. The molecule has 1 saturated heterocycles. The van der Waals surface area contributed by atoms with E-state index < -0.39 is 23.5 Å². The van der Waals surface area contributed by atoms with E-state index in [9.17, 15) is 14.7 Å². The van der Waals surface area contributed by atoms with E-state index in [2.05, 4.69) is 25.9 Å². The number of aryl methyl sites for hydroxylation is 1. The molecule has 10 heteroatoms. The first-order chi connectivity index (χ1) is 14.3. The smallest absolute Gasteiger partial charge is 0.272 e. The Morgan fingerprint density at radius 2 is 2.10 bits per heavy atom. The van der Waals surface area contributed by atoms with Gasteiger partial charge in [0, 0.05) is 30.8 Å². The van der Waals surface area contributed by atoms with Crippen molar-refractivity contribution in [1.29, 1.82) is 0 Å². The fourth-order valence-corrected chi connectivity index (χ4v) is 3.30. The number of nitrogens with one attached hydrogen (secondary N) is 3. The molecule has 0 spiro atoms. The van der Waals surface area contributed by atoms with E-state index in [1.807, 2.05) is 6.92 Å². The summed E-state index contributed by atoms with van der Waals surface area (Å²) in [6, 6.07) is 3.76. The van der Waals surface area contributed by atoms with Crippen LogP contribution in [0.25, 0.3) is 0 Å². The highest BCUT2D eigenvalue weighted by molar-refractivity contribution is 6.31. The molecule has 3 rings (SSSR count). The van der Waals surface area contributed by atoms with E-state index in [1.165, 1.54) is 12.4 Å². The van der Waals surface area contributed by atoms with Crippen molar-refractivity contribution in [2.75, 3.05) is 30.4 Å². The van der Waals surface area contributed by atoms with Gasteiger partial charge in [0.25, 0.3) is 5.91 Å². The first-order valence-electron chi connectivity index (χ1n) is 9.56. The number of rotatable bonds is 7. The van der Waals surface area contributed by atoms with Crippen LogP contribution in [0.1, 0.15) is 29.5 Å². The topological polar surface area (TPSA) is 125 Å². The van der Waals surface area contributed by atoms with Crippen LogP contribution in [0.4, 0.5) is 11.4 Å². The molecular formula is C20H24ClN5O4. The maximum atomic E-state index is 13.1. The Kier molecular flexibility index (Phi) is 6.86. The van der Waals surface area contributed by atoms with Crippen LogP contribution in [0.5, 0.6) is 0 Å². The summed E-state index contributed by atoms with van der Waals surface area (Å²) in [6.07, 6.45) is 2.96. The van der Waals surface area contributed by atoms with E-state index in [4.69, 9.17) is 16.3 Å². The van der Waals surface area contributed by atoms with Gasteiger partial charge >= 0.3 is 0 Å². The van der Waals surface area contributed by atoms with Crippen LogP contribution in [-0.2, 0) is 9.53 Å². The molecule has 2 amide bonds. The molecule has 1 aromatic carbocycles. The standard InChI is InChI=1S/C20H24ClN5O4/c1-3-22-14-5-4-13(21)8-15(14)25-19(28)17(20(29)6-7-30-11-20)26-18(27)16-10-23-12(2)9-24-16/h4-5,8-10,17,22,29H,3,6-7,11H2,1-2H3,(H,25,28)(H,26,27)/t17-,20+/m1/s1. The van der Waals surface area contributed by atoms with Gasteiger partial charge in [-0.15, -0.1) is 0 Å². The monoisotopic (exact) mass is 433 g/mol. The predicted molar refractivity (Wildman–Crippen MR) is 113 cm³/mol. The Balaban J connectivity index is 1.85. The molecule has 0 aliphatic carbocycles. The van der Waals surface area contributed by atoms with Crippen LogP contribution in [-0.4, -0.2) is 58.3 Å². The summed E-state index contributed by atoms with van der Waals surface area (Å²) in [5.41, 5.74) is 0.234. The Hall–Kier alpha value is -2.75. The number of nitrogens with zero attached hydrogens (tertiary/aromatic N) is 2. The normalized spacial score (nSPS) is 19.2. The van der Waals surface area contributed by atoms with E-state index in [-0.39, 0.29) is 25.3 Å². The number of halogens is 1. The van der Waals surface area contributed by atoms with Crippen molar-refractivity contribution in [1.82, 2.24) is 15.3 Å². The lowest BCUT2D eigenvalue weighted by molar-refractivity contribution is -0.124. The van der Waals surface area contributed by atoms with Gasteiger partial charge in [0.1, 0.15) is 17.3 Å². The molecule has 1 aromatic heterocycles. The highest BCUT2D eigenvalue weighted by Crippen LogP contribution is 2.28. The summed E-state index contributed by atoms with van der Waals surface area (Å²) in [5, 5.41) is 19.9. The summed E-state index contributed by atoms with van der Waals surface area (Å²) >= 11 is 6.08. The second-order valence-corrected chi connectivity index (χ2v) is 7.50. The average molecular weight is 434 g/mol. The summed E-state index contributed by atoms with van der Waals surface area (Å²) in [5.74, 6) is -1.22. The van der Waals surface area contributed by atoms with E-state index in [0.29, 0.717) is 28.6 Å². The molecule has 30 heavy (non-hydrogen) atoms. The van der Waals surface area contributed by atoms with Gasteiger partial charge in [0.05, 0.1) is 29.9 Å². The molecule has 1 fully saturated rings. The highest BCUT2D eigenvalue weighted by Gasteiger charge is 2.46. The Bertz CT molecular complexity index is 916. The van der Waals surface area contributed by atoms with E-state index in [0.717, 1.165) is 0 Å². The maximum Gasteiger partial charge on any atom is 0.272 e. The number of aliphatic hydroxyl groups is 1. The lowest BCUT2D eigenvalue weighted by atomic mass is 9.92. The van der Waals surface area contributed by atoms with E-state index in [1.54, 1.807) is 25.1 Å². The molecule has 0 unspecified atom stereocenters. The van der Waals surface area contributed by atoms with Gasteiger partial charge in [-0.1, -0.05) is 11.6 Å². The van der Waals surface area contributed by atoms with Crippen LogP contribution in [0.15, 0.2) is 30.6 Å². The van der Waals surface area contributed by atoms with E-state index >= 15 is 0 Å². The highest BCUT2D eigenvalue weighted by atomic mass is 35.5. The van der Waals surface area contributed by atoms with Gasteiger partial charge in [0.2, 0.25) is 5.91 Å². The van der Waals surface area contributed by atoms with Crippen LogP contribution < -0.4 is 16.0 Å². The van der Waals surface area contributed by atoms with Gasteiger partial charge < -0.3 is 25.8 Å². The quantitative estimate of drug-likeness (QED) is 0.524. The van der Waals surface area contributed by atoms with Crippen LogP contribution in [0, 0.1) is 6.92 Å². The number of amides is 2. The molecular weight excluding hydrogens is 410 g/mol. The van der Waals surface area contributed by atoms with Crippen LogP contribution in [0.2, 0.25) is 5.02 Å².